The molecular weight excluding hydrogens is 397 g/mol. The fourth-order valence-electron chi connectivity index (χ4n) is 2.95. The van der Waals surface area contributed by atoms with E-state index >= 15 is 0 Å². The number of anilines is 1. The molecule has 0 N–H and O–H groups in total. The second-order valence-corrected chi connectivity index (χ2v) is 7.43. The molecule has 3 nitrogen and oxygen atoms in total. The van der Waals surface area contributed by atoms with E-state index in [0.717, 1.165) is 27.9 Å². The lowest BCUT2D eigenvalue weighted by molar-refractivity contribution is -0.137. The summed E-state index contributed by atoms with van der Waals surface area (Å²) in [6.07, 6.45) is -4.52. The van der Waals surface area contributed by atoms with Gasteiger partial charge in [-0.05, 0) is 35.9 Å². The molecule has 4 rings (SSSR count). The van der Waals surface area contributed by atoms with Crippen molar-refractivity contribution in [2.75, 3.05) is 4.90 Å². The van der Waals surface area contributed by atoms with Gasteiger partial charge in [-0.3, -0.25) is 9.69 Å². The van der Waals surface area contributed by atoms with Crippen molar-refractivity contribution in [3.05, 3.63) is 95.6 Å². The van der Waals surface area contributed by atoms with Crippen LogP contribution in [0, 0.1) is 0 Å². The van der Waals surface area contributed by atoms with Crippen LogP contribution in [0.2, 0.25) is 0 Å². The van der Waals surface area contributed by atoms with Crippen LogP contribution in [-0.4, -0.2) is 10.9 Å². The maximum absolute atomic E-state index is 13.2. The highest BCUT2D eigenvalue weighted by molar-refractivity contribution is 7.22. The number of nitrogens with zero attached hydrogens (tertiary/aromatic N) is 2. The van der Waals surface area contributed by atoms with Gasteiger partial charge in [0, 0.05) is 5.56 Å². The lowest BCUT2D eigenvalue weighted by Crippen LogP contribution is -2.30. The summed E-state index contributed by atoms with van der Waals surface area (Å²) >= 11 is 1.33. The minimum Gasteiger partial charge on any atom is -0.279 e. The number of rotatable bonds is 4. The first-order valence-electron chi connectivity index (χ1n) is 8.80. The Hall–Kier alpha value is -3.19. The molecule has 1 aromatic heterocycles. The molecule has 1 heterocycles. The number of aromatic nitrogens is 1. The summed E-state index contributed by atoms with van der Waals surface area (Å²) in [5.74, 6) is -0.529. The van der Waals surface area contributed by atoms with Crippen LogP contribution in [0.3, 0.4) is 0 Å². The van der Waals surface area contributed by atoms with Crippen LogP contribution in [0.15, 0.2) is 78.9 Å². The van der Waals surface area contributed by atoms with Crippen LogP contribution in [0.4, 0.5) is 18.3 Å². The zero-order chi connectivity index (χ0) is 20.4. The van der Waals surface area contributed by atoms with Crippen molar-refractivity contribution in [2.45, 2.75) is 12.7 Å². The molecule has 0 bridgehead atoms. The van der Waals surface area contributed by atoms with E-state index in [1.165, 1.54) is 28.4 Å². The highest BCUT2D eigenvalue weighted by atomic mass is 32.1. The summed E-state index contributed by atoms with van der Waals surface area (Å²) in [7, 11) is 0. The maximum atomic E-state index is 13.2. The third-order valence-electron chi connectivity index (χ3n) is 4.38. The molecule has 0 unspecified atom stereocenters. The van der Waals surface area contributed by atoms with E-state index in [2.05, 4.69) is 4.98 Å². The molecule has 0 aliphatic rings. The summed E-state index contributed by atoms with van der Waals surface area (Å²) < 4.78 is 40.2. The van der Waals surface area contributed by atoms with E-state index in [0.29, 0.717) is 5.13 Å². The fraction of sp³-hybridized carbons (Fsp3) is 0.0909. The lowest BCUT2D eigenvalue weighted by atomic mass is 10.1. The molecule has 0 spiro atoms. The summed E-state index contributed by atoms with van der Waals surface area (Å²) in [6.45, 7) is 0.204. The number of hydrogen-bond donors (Lipinski definition) is 0. The van der Waals surface area contributed by atoms with E-state index in [1.54, 1.807) is 0 Å². The average Bonchev–Trinajstić information content (AvgIpc) is 3.16. The molecule has 146 valence electrons. The molecule has 0 saturated heterocycles. The SMILES string of the molecule is O=C(c1cccc(C(F)(F)F)c1)N(Cc1ccccc1)c1nc2ccccc2s1. The van der Waals surface area contributed by atoms with Gasteiger partial charge in [-0.25, -0.2) is 4.98 Å². The van der Waals surface area contributed by atoms with E-state index in [9.17, 15) is 18.0 Å². The molecule has 29 heavy (non-hydrogen) atoms. The summed E-state index contributed by atoms with van der Waals surface area (Å²) in [6, 6.07) is 21.2. The summed E-state index contributed by atoms with van der Waals surface area (Å²) in [5, 5.41) is 0.442. The van der Waals surface area contributed by atoms with E-state index in [-0.39, 0.29) is 12.1 Å². The largest absolute Gasteiger partial charge is 0.416 e. The Labute approximate surface area is 169 Å². The van der Waals surface area contributed by atoms with Gasteiger partial charge in [-0.2, -0.15) is 13.2 Å². The predicted octanol–water partition coefficient (Wildman–Crippen LogP) is 6.16. The van der Waals surface area contributed by atoms with Crippen molar-refractivity contribution in [3.8, 4) is 0 Å². The molecule has 0 fully saturated rings. The Morgan fingerprint density at radius 3 is 2.38 bits per heavy atom. The molecule has 0 radical (unpaired) electrons. The monoisotopic (exact) mass is 412 g/mol. The number of halogens is 3. The second-order valence-electron chi connectivity index (χ2n) is 6.42. The number of amides is 1. The highest BCUT2D eigenvalue weighted by Crippen LogP contribution is 2.33. The number of carbonyl (C=O) groups excluding carboxylic acids is 1. The van der Waals surface area contributed by atoms with Gasteiger partial charge in [-0.15, -0.1) is 0 Å². The molecule has 0 aliphatic heterocycles. The Balaban J connectivity index is 1.76. The van der Waals surface area contributed by atoms with Crippen LogP contribution in [0.5, 0.6) is 0 Å². The van der Waals surface area contributed by atoms with Crippen LogP contribution in [0.1, 0.15) is 21.5 Å². The topological polar surface area (TPSA) is 33.2 Å². The van der Waals surface area contributed by atoms with Gasteiger partial charge < -0.3 is 0 Å². The number of alkyl halides is 3. The third kappa shape index (κ3) is 4.14. The first-order valence-corrected chi connectivity index (χ1v) is 9.62. The maximum Gasteiger partial charge on any atom is 0.416 e. The van der Waals surface area contributed by atoms with E-state index in [4.69, 9.17) is 0 Å². The molecule has 0 aliphatic carbocycles. The Kier molecular flexibility index (Phi) is 5.07. The van der Waals surface area contributed by atoms with E-state index < -0.39 is 17.6 Å². The van der Waals surface area contributed by atoms with E-state index in [1.807, 2.05) is 54.6 Å². The van der Waals surface area contributed by atoms with Crippen LogP contribution in [-0.2, 0) is 12.7 Å². The number of thiazole rings is 1. The predicted molar refractivity (Wildman–Crippen MR) is 108 cm³/mol. The van der Waals surface area contributed by atoms with Gasteiger partial charge in [0.2, 0.25) is 0 Å². The van der Waals surface area contributed by atoms with Gasteiger partial charge in [0.1, 0.15) is 0 Å². The Morgan fingerprint density at radius 1 is 0.931 bits per heavy atom. The molecular formula is C22H15F3N2OS. The van der Waals surface area contributed by atoms with Crippen LogP contribution < -0.4 is 4.90 Å². The van der Waals surface area contributed by atoms with Gasteiger partial charge in [-0.1, -0.05) is 59.9 Å². The molecule has 4 aromatic rings. The van der Waals surface area contributed by atoms with Crippen molar-refractivity contribution in [1.29, 1.82) is 0 Å². The normalized spacial score (nSPS) is 11.6. The van der Waals surface area contributed by atoms with Gasteiger partial charge >= 0.3 is 6.18 Å². The van der Waals surface area contributed by atoms with Crippen molar-refractivity contribution >= 4 is 32.6 Å². The quantitative estimate of drug-likeness (QED) is 0.402. The van der Waals surface area contributed by atoms with Gasteiger partial charge in [0.05, 0.1) is 22.3 Å². The Bertz CT molecular complexity index is 1120. The van der Waals surface area contributed by atoms with Crippen molar-refractivity contribution in [1.82, 2.24) is 4.98 Å². The minimum atomic E-state index is -4.52. The molecule has 3 aromatic carbocycles. The van der Waals surface area contributed by atoms with Crippen molar-refractivity contribution < 1.29 is 18.0 Å². The third-order valence-corrected chi connectivity index (χ3v) is 5.44. The first-order chi connectivity index (χ1) is 13.9. The number of fused-ring (bicyclic) bond motifs is 1. The average molecular weight is 412 g/mol. The summed E-state index contributed by atoms with van der Waals surface area (Å²) in [4.78, 5) is 19.2. The van der Waals surface area contributed by atoms with Crippen molar-refractivity contribution in [3.63, 3.8) is 0 Å². The van der Waals surface area contributed by atoms with Gasteiger partial charge in [0.15, 0.2) is 5.13 Å². The standard InChI is InChI=1S/C22H15F3N2OS/c23-22(24,25)17-10-6-9-16(13-17)20(28)27(14-15-7-2-1-3-8-15)21-26-18-11-4-5-12-19(18)29-21/h1-13H,14H2. The fourth-order valence-corrected chi connectivity index (χ4v) is 3.92. The minimum absolute atomic E-state index is 0.0324. The van der Waals surface area contributed by atoms with Crippen LogP contribution >= 0.6 is 11.3 Å². The number of hydrogen-bond acceptors (Lipinski definition) is 3. The smallest absolute Gasteiger partial charge is 0.279 e. The lowest BCUT2D eigenvalue weighted by Gasteiger charge is -2.20. The molecule has 1 amide bonds. The molecule has 7 heteroatoms. The number of benzene rings is 3. The van der Waals surface area contributed by atoms with Gasteiger partial charge in [0.25, 0.3) is 5.91 Å². The zero-order valence-corrected chi connectivity index (χ0v) is 15.9. The summed E-state index contributed by atoms with van der Waals surface area (Å²) in [5.41, 5.74) is 0.705. The first kappa shape index (κ1) is 19.1. The van der Waals surface area contributed by atoms with Crippen LogP contribution in [0.25, 0.3) is 10.2 Å². The highest BCUT2D eigenvalue weighted by Gasteiger charge is 2.31. The second kappa shape index (κ2) is 7.67. The zero-order valence-electron chi connectivity index (χ0n) is 15.1. The molecule has 0 atom stereocenters. The Morgan fingerprint density at radius 2 is 1.66 bits per heavy atom. The van der Waals surface area contributed by atoms with Crippen molar-refractivity contribution in [2.24, 2.45) is 0 Å². The number of para-hydroxylation sites is 1. The number of carbonyl (C=O) groups is 1. The molecule has 0 saturated carbocycles.